The molecule has 100 valence electrons. The summed E-state index contributed by atoms with van der Waals surface area (Å²) in [5, 5.41) is 25.0. The number of carboxylic acid groups (broad SMARTS) is 1. The van der Waals surface area contributed by atoms with E-state index >= 15 is 0 Å². The molecule has 8 heteroatoms. The molecule has 4 N–H and O–H groups in total. The molecule has 0 fully saturated rings. The molecule has 2 amide bonds. The zero-order valence-electron chi connectivity index (χ0n) is 9.79. The summed E-state index contributed by atoms with van der Waals surface area (Å²) in [5.74, 6) is -1.37. The molecule has 0 aliphatic rings. The molecule has 0 radical (unpaired) electrons. The SMILES string of the molecule is CCC(NC(=O)NC[C@H](O)C(=O)O)c1nccs1. The van der Waals surface area contributed by atoms with Crippen molar-refractivity contribution in [3.05, 3.63) is 16.6 Å². The molecule has 0 bridgehead atoms. The second kappa shape index (κ2) is 6.92. The fourth-order valence-electron chi connectivity index (χ4n) is 1.23. The average molecular weight is 273 g/mol. The van der Waals surface area contributed by atoms with Gasteiger partial charge in [-0.05, 0) is 6.42 Å². The Kier molecular flexibility index (Phi) is 5.53. The van der Waals surface area contributed by atoms with Gasteiger partial charge in [0.25, 0.3) is 0 Å². The number of hydrogen-bond acceptors (Lipinski definition) is 5. The van der Waals surface area contributed by atoms with Gasteiger partial charge in [0.2, 0.25) is 0 Å². The van der Waals surface area contributed by atoms with E-state index < -0.39 is 18.1 Å². The van der Waals surface area contributed by atoms with Crippen molar-refractivity contribution < 1.29 is 19.8 Å². The number of nitrogens with zero attached hydrogens (tertiary/aromatic N) is 1. The number of aliphatic carboxylic acids is 1. The maximum absolute atomic E-state index is 11.5. The molecule has 0 aromatic carbocycles. The van der Waals surface area contributed by atoms with E-state index in [1.165, 1.54) is 11.3 Å². The van der Waals surface area contributed by atoms with E-state index in [0.717, 1.165) is 5.01 Å². The van der Waals surface area contributed by atoms with Crippen molar-refractivity contribution in [2.45, 2.75) is 25.5 Å². The predicted octanol–water partition coefficient (Wildman–Crippen LogP) is 0.339. The van der Waals surface area contributed by atoms with E-state index in [1.54, 1.807) is 6.20 Å². The largest absolute Gasteiger partial charge is 0.479 e. The molecule has 1 rings (SSSR count). The number of hydrogen-bond donors (Lipinski definition) is 4. The van der Waals surface area contributed by atoms with Gasteiger partial charge in [-0.3, -0.25) is 0 Å². The third-order valence-corrected chi connectivity index (χ3v) is 3.09. The molecule has 1 aromatic heterocycles. The molecule has 2 atom stereocenters. The highest BCUT2D eigenvalue weighted by Gasteiger charge is 2.17. The minimum Gasteiger partial charge on any atom is -0.479 e. The predicted molar refractivity (Wildman–Crippen MR) is 65.3 cm³/mol. The highest BCUT2D eigenvalue weighted by molar-refractivity contribution is 7.09. The average Bonchev–Trinajstić information content (AvgIpc) is 2.86. The van der Waals surface area contributed by atoms with Crippen LogP contribution >= 0.6 is 11.3 Å². The third-order valence-electron chi connectivity index (χ3n) is 2.20. The number of urea groups is 1. The van der Waals surface area contributed by atoms with Crippen molar-refractivity contribution in [3.63, 3.8) is 0 Å². The van der Waals surface area contributed by atoms with Gasteiger partial charge in [-0.15, -0.1) is 11.3 Å². The van der Waals surface area contributed by atoms with Crippen LogP contribution in [0.3, 0.4) is 0 Å². The van der Waals surface area contributed by atoms with Crippen molar-refractivity contribution in [2.24, 2.45) is 0 Å². The Morgan fingerprint density at radius 1 is 1.56 bits per heavy atom. The van der Waals surface area contributed by atoms with Gasteiger partial charge in [-0.1, -0.05) is 6.92 Å². The van der Waals surface area contributed by atoms with Gasteiger partial charge >= 0.3 is 12.0 Å². The molecule has 1 unspecified atom stereocenters. The number of nitrogens with one attached hydrogen (secondary N) is 2. The number of aromatic nitrogens is 1. The van der Waals surface area contributed by atoms with Crippen LogP contribution in [0.25, 0.3) is 0 Å². The summed E-state index contributed by atoms with van der Waals surface area (Å²) in [7, 11) is 0. The molecule has 7 nitrogen and oxygen atoms in total. The first-order valence-corrected chi connectivity index (χ1v) is 6.27. The van der Waals surface area contributed by atoms with E-state index in [1.807, 2.05) is 12.3 Å². The van der Waals surface area contributed by atoms with Crippen LogP contribution < -0.4 is 10.6 Å². The summed E-state index contributed by atoms with van der Waals surface area (Å²) in [6, 6.07) is -0.746. The van der Waals surface area contributed by atoms with E-state index in [0.29, 0.717) is 6.42 Å². The molecule has 1 heterocycles. The first-order chi connectivity index (χ1) is 8.54. The summed E-state index contributed by atoms with van der Waals surface area (Å²) in [6.45, 7) is 1.56. The standard InChI is InChI=1S/C10H15N3O4S/c1-2-6(8-11-3-4-18-8)13-10(17)12-5-7(14)9(15)16/h3-4,6-7,14H,2,5H2,1H3,(H,15,16)(H2,12,13,17)/t6?,7-/m0/s1. The van der Waals surface area contributed by atoms with Gasteiger partial charge in [-0.2, -0.15) is 0 Å². The Balaban J connectivity index is 2.41. The minimum absolute atomic E-state index is 0.216. The Morgan fingerprint density at radius 2 is 2.28 bits per heavy atom. The first kappa shape index (κ1) is 14.4. The third kappa shape index (κ3) is 4.30. The molecule has 0 aliphatic heterocycles. The van der Waals surface area contributed by atoms with E-state index in [-0.39, 0.29) is 12.6 Å². The number of carboxylic acids is 1. The zero-order valence-corrected chi connectivity index (χ0v) is 10.6. The van der Waals surface area contributed by atoms with Crippen LogP contribution in [0, 0.1) is 0 Å². The Morgan fingerprint density at radius 3 is 2.78 bits per heavy atom. The van der Waals surface area contributed by atoms with Crippen LogP contribution in [0.4, 0.5) is 4.79 Å². The lowest BCUT2D eigenvalue weighted by Crippen LogP contribution is -2.43. The van der Waals surface area contributed by atoms with Gasteiger partial charge in [0.15, 0.2) is 6.10 Å². The summed E-state index contributed by atoms with van der Waals surface area (Å²) in [6.07, 6.45) is 0.717. The fraction of sp³-hybridized carbons (Fsp3) is 0.500. The van der Waals surface area contributed by atoms with E-state index in [4.69, 9.17) is 10.2 Å². The van der Waals surface area contributed by atoms with Gasteiger partial charge in [0.05, 0.1) is 12.6 Å². The highest BCUT2D eigenvalue weighted by Crippen LogP contribution is 2.18. The van der Waals surface area contributed by atoms with Crippen molar-refractivity contribution in [3.8, 4) is 0 Å². The summed E-state index contributed by atoms with van der Waals surface area (Å²) >= 11 is 1.43. The van der Waals surface area contributed by atoms with Crippen LogP contribution in [-0.2, 0) is 4.79 Å². The molecule has 0 saturated heterocycles. The number of carbonyl (C=O) groups is 2. The molecule has 0 aliphatic carbocycles. The van der Waals surface area contributed by atoms with Gasteiger partial charge in [-0.25, -0.2) is 14.6 Å². The summed E-state index contributed by atoms with van der Waals surface area (Å²) in [5.41, 5.74) is 0. The Labute approximate surface area is 108 Å². The van der Waals surface area contributed by atoms with E-state index in [9.17, 15) is 9.59 Å². The molecule has 18 heavy (non-hydrogen) atoms. The van der Waals surface area contributed by atoms with Gasteiger partial charge in [0.1, 0.15) is 5.01 Å². The fourth-order valence-corrected chi connectivity index (χ4v) is 2.00. The molecule has 0 saturated carbocycles. The van der Waals surface area contributed by atoms with Crippen LogP contribution in [-0.4, -0.2) is 39.8 Å². The number of rotatable bonds is 6. The minimum atomic E-state index is -1.60. The zero-order chi connectivity index (χ0) is 13.5. The highest BCUT2D eigenvalue weighted by atomic mass is 32.1. The van der Waals surface area contributed by atoms with Crippen LogP contribution in [0.15, 0.2) is 11.6 Å². The quantitative estimate of drug-likeness (QED) is 0.597. The van der Waals surface area contributed by atoms with E-state index in [2.05, 4.69) is 15.6 Å². The number of amides is 2. The smallest absolute Gasteiger partial charge is 0.334 e. The lowest BCUT2D eigenvalue weighted by molar-refractivity contribution is -0.146. The van der Waals surface area contributed by atoms with Gasteiger partial charge < -0.3 is 20.8 Å². The Hall–Kier alpha value is -1.67. The molecule has 0 spiro atoms. The first-order valence-electron chi connectivity index (χ1n) is 5.39. The number of carbonyl (C=O) groups excluding carboxylic acids is 1. The Bertz CT molecular complexity index is 396. The monoisotopic (exact) mass is 273 g/mol. The molecule has 1 aromatic rings. The maximum Gasteiger partial charge on any atom is 0.334 e. The second-order valence-electron chi connectivity index (χ2n) is 3.54. The summed E-state index contributed by atoms with van der Waals surface area (Å²) in [4.78, 5) is 25.9. The van der Waals surface area contributed by atoms with Crippen LogP contribution in [0.5, 0.6) is 0 Å². The second-order valence-corrected chi connectivity index (χ2v) is 4.47. The number of aliphatic hydroxyl groups excluding tert-OH is 1. The maximum atomic E-state index is 11.5. The van der Waals surface area contributed by atoms with Crippen molar-refractivity contribution in [1.82, 2.24) is 15.6 Å². The number of aliphatic hydroxyl groups is 1. The normalized spacial score (nSPS) is 13.7. The molecular formula is C10H15N3O4S. The van der Waals surface area contributed by atoms with Crippen LogP contribution in [0.1, 0.15) is 24.4 Å². The van der Waals surface area contributed by atoms with Gasteiger partial charge in [0, 0.05) is 11.6 Å². The topological polar surface area (TPSA) is 112 Å². The summed E-state index contributed by atoms with van der Waals surface area (Å²) < 4.78 is 0. The van der Waals surface area contributed by atoms with Crippen molar-refractivity contribution in [2.75, 3.05) is 6.54 Å². The number of thiazole rings is 1. The van der Waals surface area contributed by atoms with Crippen LogP contribution in [0.2, 0.25) is 0 Å². The lowest BCUT2D eigenvalue weighted by atomic mass is 10.2. The lowest BCUT2D eigenvalue weighted by Gasteiger charge is -2.15. The van der Waals surface area contributed by atoms with Crippen molar-refractivity contribution in [1.29, 1.82) is 0 Å². The van der Waals surface area contributed by atoms with Crippen molar-refractivity contribution >= 4 is 23.3 Å². The molecular weight excluding hydrogens is 258 g/mol.